The van der Waals surface area contributed by atoms with Crippen LogP contribution in [0, 0.1) is 0 Å². The van der Waals surface area contributed by atoms with Crippen LogP contribution in [0.15, 0.2) is 30.3 Å². The summed E-state index contributed by atoms with van der Waals surface area (Å²) >= 11 is 0. The zero-order valence-electron chi connectivity index (χ0n) is 9.23. The average Bonchev–Trinajstić information content (AvgIpc) is 2.24. The van der Waals surface area contributed by atoms with E-state index in [9.17, 15) is 4.57 Å². The van der Waals surface area contributed by atoms with Gasteiger partial charge in [0.2, 0.25) is 0 Å². The second kappa shape index (κ2) is 7.84. The summed E-state index contributed by atoms with van der Waals surface area (Å²) in [6, 6.07) is 9.25. The summed E-state index contributed by atoms with van der Waals surface area (Å²) in [4.78, 5) is 17.5. The Morgan fingerprint density at radius 1 is 1.29 bits per heavy atom. The molecule has 5 nitrogen and oxygen atoms in total. The fourth-order valence-corrected chi connectivity index (χ4v) is 1.69. The third-order valence-electron chi connectivity index (χ3n) is 2.09. The Labute approximate surface area is 111 Å². The highest BCUT2D eigenvalue weighted by Gasteiger charge is 2.23. The molecule has 0 saturated carbocycles. The number of rotatable bonds is 6. The molecule has 4 N–H and O–H groups in total. The molecular formula is C10H17BrNO4P. The van der Waals surface area contributed by atoms with Gasteiger partial charge >= 0.3 is 7.60 Å². The number of halogens is 1. The summed E-state index contributed by atoms with van der Waals surface area (Å²) in [5.74, 6) is -0.348. The van der Waals surface area contributed by atoms with Crippen molar-refractivity contribution in [1.82, 2.24) is 0 Å². The second-order valence-electron chi connectivity index (χ2n) is 3.46. The zero-order valence-corrected chi connectivity index (χ0v) is 11.8. The lowest BCUT2D eigenvalue weighted by molar-refractivity contribution is 0.299. The lowest BCUT2D eigenvalue weighted by atomic mass is 10.3. The third kappa shape index (κ3) is 6.81. The number of hydrogen-bond donors (Lipinski definition) is 3. The molecule has 1 aromatic rings. The maximum Gasteiger partial charge on any atom is 0.342 e. The predicted octanol–water partition coefficient (Wildman–Crippen LogP) is 1.89. The van der Waals surface area contributed by atoms with Gasteiger partial charge in [0.15, 0.2) is 0 Å². The quantitative estimate of drug-likeness (QED) is 0.548. The van der Waals surface area contributed by atoms with Crippen molar-refractivity contribution in [2.75, 3.05) is 6.61 Å². The van der Waals surface area contributed by atoms with Gasteiger partial charge in [0, 0.05) is 0 Å². The van der Waals surface area contributed by atoms with Crippen LogP contribution >= 0.6 is 24.6 Å². The molecule has 0 aromatic heterocycles. The summed E-state index contributed by atoms with van der Waals surface area (Å²) in [5, 5.41) is 0. The van der Waals surface area contributed by atoms with E-state index in [1.54, 1.807) is 0 Å². The molecule has 0 bridgehead atoms. The Balaban J connectivity index is 0.00000256. The van der Waals surface area contributed by atoms with Gasteiger partial charge in [-0.05, 0) is 25.0 Å². The van der Waals surface area contributed by atoms with Crippen molar-refractivity contribution in [3.8, 4) is 5.75 Å². The first-order valence-electron chi connectivity index (χ1n) is 4.99. The van der Waals surface area contributed by atoms with E-state index in [4.69, 9.17) is 20.3 Å². The minimum atomic E-state index is -4.15. The Morgan fingerprint density at radius 2 is 1.88 bits per heavy atom. The van der Waals surface area contributed by atoms with E-state index >= 15 is 0 Å². The molecule has 0 saturated heterocycles. The molecule has 7 heteroatoms. The summed E-state index contributed by atoms with van der Waals surface area (Å²) < 4.78 is 16.1. The van der Waals surface area contributed by atoms with Crippen LogP contribution in [0.3, 0.4) is 0 Å². The van der Waals surface area contributed by atoms with E-state index in [1.807, 2.05) is 30.3 Å². The number of ether oxygens (including phenoxy) is 1. The molecule has 98 valence electrons. The normalized spacial score (nSPS) is 12.6. The molecule has 0 aliphatic carbocycles. The molecule has 0 amide bonds. The van der Waals surface area contributed by atoms with Crippen LogP contribution < -0.4 is 10.5 Å². The van der Waals surface area contributed by atoms with Gasteiger partial charge in [-0.2, -0.15) is 0 Å². The maximum absolute atomic E-state index is 10.7. The molecule has 0 spiro atoms. The summed E-state index contributed by atoms with van der Waals surface area (Å²) in [5.41, 5.74) is 5.31. The molecular weight excluding hydrogens is 309 g/mol. The molecule has 0 heterocycles. The molecule has 0 fully saturated rings. The van der Waals surface area contributed by atoms with Crippen molar-refractivity contribution in [3.05, 3.63) is 30.3 Å². The third-order valence-corrected chi connectivity index (χ3v) is 3.21. The molecule has 1 unspecified atom stereocenters. The van der Waals surface area contributed by atoms with Crippen molar-refractivity contribution < 1.29 is 19.1 Å². The van der Waals surface area contributed by atoms with Gasteiger partial charge in [0.05, 0.1) is 6.61 Å². The van der Waals surface area contributed by atoms with Crippen molar-refractivity contribution >= 4 is 24.6 Å². The van der Waals surface area contributed by atoms with Crippen LogP contribution in [0.1, 0.15) is 12.8 Å². The van der Waals surface area contributed by atoms with E-state index in [2.05, 4.69) is 0 Å². The van der Waals surface area contributed by atoms with Gasteiger partial charge in [-0.15, -0.1) is 17.0 Å². The minimum absolute atomic E-state index is 0. The Morgan fingerprint density at radius 3 is 2.41 bits per heavy atom. The molecule has 1 rings (SSSR count). The standard InChI is InChI=1S/C10H16NO4P.BrH/c11-10(16(12,13)14)7-4-8-15-9-5-2-1-3-6-9;/h1-3,5-6,10H,4,7-8,11H2,(H2,12,13,14);1H. The van der Waals surface area contributed by atoms with Gasteiger partial charge in [0.25, 0.3) is 0 Å². The topological polar surface area (TPSA) is 92.8 Å². The molecule has 0 aliphatic rings. The first-order chi connectivity index (χ1) is 7.50. The maximum atomic E-state index is 10.7. The molecule has 17 heavy (non-hydrogen) atoms. The number of benzene rings is 1. The van der Waals surface area contributed by atoms with E-state index < -0.39 is 13.4 Å². The smallest absolute Gasteiger partial charge is 0.342 e. The highest BCUT2D eigenvalue weighted by Crippen LogP contribution is 2.40. The number of para-hydroxylation sites is 1. The van der Waals surface area contributed by atoms with Gasteiger partial charge in [-0.3, -0.25) is 4.57 Å². The van der Waals surface area contributed by atoms with Crippen molar-refractivity contribution in [3.63, 3.8) is 0 Å². The minimum Gasteiger partial charge on any atom is -0.494 e. The van der Waals surface area contributed by atoms with Crippen LogP contribution in [0.2, 0.25) is 0 Å². The van der Waals surface area contributed by atoms with Crippen LogP contribution in [0.5, 0.6) is 5.75 Å². The van der Waals surface area contributed by atoms with Gasteiger partial charge < -0.3 is 20.3 Å². The van der Waals surface area contributed by atoms with Gasteiger partial charge in [-0.25, -0.2) is 0 Å². The molecule has 0 radical (unpaired) electrons. The highest BCUT2D eigenvalue weighted by atomic mass is 79.9. The number of nitrogens with two attached hydrogens (primary N) is 1. The Kier molecular flexibility index (Phi) is 7.66. The zero-order chi connectivity index (χ0) is 12.0. The monoisotopic (exact) mass is 325 g/mol. The molecule has 1 atom stereocenters. The summed E-state index contributed by atoms with van der Waals surface area (Å²) in [7, 11) is -4.15. The van der Waals surface area contributed by atoms with E-state index in [-0.39, 0.29) is 23.4 Å². The fourth-order valence-electron chi connectivity index (χ4n) is 1.17. The second-order valence-corrected chi connectivity index (χ2v) is 5.30. The first-order valence-corrected chi connectivity index (χ1v) is 6.67. The lowest BCUT2D eigenvalue weighted by Crippen LogP contribution is -2.20. The van der Waals surface area contributed by atoms with Crippen LogP contribution in [0.25, 0.3) is 0 Å². The fraction of sp³-hybridized carbons (Fsp3) is 0.400. The van der Waals surface area contributed by atoms with Gasteiger partial charge in [0.1, 0.15) is 11.5 Å². The van der Waals surface area contributed by atoms with Crippen molar-refractivity contribution in [2.45, 2.75) is 18.6 Å². The number of hydrogen-bond acceptors (Lipinski definition) is 3. The highest BCUT2D eigenvalue weighted by molar-refractivity contribution is 8.93. The van der Waals surface area contributed by atoms with Crippen LogP contribution in [-0.4, -0.2) is 22.2 Å². The SMILES string of the molecule is Br.NC(CCCOc1ccccc1)P(=O)(O)O. The van der Waals surface area contributed by atoms with E-state index in [0.717, 1.165) is 5.75 Å². The first kappa shape index (κ1) is 16.6. The Hall–Kier alpha value is -0.390. The van der Waals surface area contributed by atoms with E-state index in [0.29, 0.717) is 13.0 Å². The summed E-state index contributed by atoms with van der Waals surface area (Å²) in [6.45, 7) is 0.401. The lowest BCUT2D eigenvalue weighted by Gasteiger charge is -2.13. The summed E-state index contributed by atoms with van der Waals surface area (Å²) in [6.07, 6.45) is 0.762. The molecule has 1 aromatic carbocycles. The van der Waals surface area contributed by atoms with Crippen LogP contribution in [0.4, 0.5) is 0 Å². The predicted molar refractivity (Wildman–Crippen MR) is 71.5 cm³/mol. The average molecular weight is 326 g/mol. The molecule has 0 aliphatic heterocycles. The van der Waals surface area contributed by atoms with Crippen molar-refractivity contribution in [1.29, 1.82) is 0 Å². The Bertz CT molecular complexity index is 357. The van der Waals surface area contributed by atoms with E-state index in [1.165, 1.54) is 0 Å². The van der Waals surface area contributed by atoms with Crippen LogP contribution in [-0.2, 0) is 4.57 Å². The van der Waals surface area contributed by atoms with Crippen molar-refractivity contribution in [2.24, 2.45) is 5.73 Å². The largest absolute Gasteiger partial charge is 0.494 e. The van der Waals surface area contributed by atoms with Gasteiger partial charge in [-0.1, -0.05) is 18.2 Å².